The summed E-state index contributed by atoms with van der Waals surface area (Å²) in [6.07, 6.45) is 48.6. The normalized spacial score (nSPS) is 17.4. The molecule has 1 aliphatic rings. The molecule has 1 aliphatic heterocycles. The lowest BCUT2D eigenvalue weighted by atomic mass is 9.98. The molecule has 0 bridgehead atoms. The molecule has 6 heteroatoms. The Bertz CT molecular complexity index is 826. The smallest absolute Gasteiger partial charge is 0.240 e. The van der Waals surface area contributed by atoms with Gasteiger partial charge in [0.25, 0.3) is 0 Å². The monoisotopic (exact) mass is 714 g/mol. The summed E-state index contributed by atoms with van der Waals surface area (Å²) in [7, 11) is 0. The van der Waals surface area contributed by atoms with Crippen LogP contribution in [-0.4, -0.2) is 62.9 Å². The number of carbonyl (C=O) groups is 1. The maximum atomic E-state index is 12.8. The Morgan fingerprint density at radius 1 is 0.569 bits per heavy atom. The van der Waals surface area contributed by atoms with E-state index < -0.39 is 6.04 Å². The lowest BCUT2D eigenvalue weighted by Gasteiger charge is -2.20. The molecule has 296 valence electrons. The number of nitrogens with two attached hydrogens (primary N) is 2. The Hall–Kier alpha value is -1.73. The Balaban J connectivity index is 2.12. The summed E-state index contributed by atoms with van der Waals surface area (Å²) in [5.41, 5.74) is 11.7. The van der Waals surface area contributed by atoms with Crippen molar-refractivity contribution >= 4 is 5.91 Å². The van der Waals surface area contributed by atoms with Crippen molar-refractivity contribution in [2.45, 2.75) is 174 Å². The van der Waals surface area contributed by atoms with E-state index in [4.69, 9.17) is 20.9 Å². The molecule has 6 nitrogen and oxygen atoms in total. The van der Waals surface area contributed by atoms with Crippen LogP contribution in [0.2, 0.25) is 0 Å². The highest BCUT2D eigenvalue weighted by Gasteiger charge is 2.36. The Labute approximate surface area is 316 Å². The number of allylic oxidation sites excluding steroid dienone is 8. The minimum Gasteiger partial charge on any atom is -0.381 e. The molecule has 0 saturated carbocycles. The zero-order valence-corrected chi connectivity index (χ0v) is 33.6. The predicted molar refractivity (Wildman–Crippen MR) is 221 cm³/mol. The van der Waals surface area contributed by atoms with Crippen molar-refractivity contribution in [3.63, 3.8) is 0 Å². The minimum atomic E-state index is -0.622. The highest BCUT2D eigenvalue weighted by molar-refractivity contribution is 5.82. The second kappa shape index (κ2) is 36.6. The largest absolute Gasteiger partial charge is 0.381 e. The van der Waals surface area contributed by atoms with Gasteiger partial charge in [0.05, 0.1) is 19.3 Å². The molecule has 0 radical (unpaired) electrons. The van der Waals surface area contributed by atoms with Crippen molar-refractivity contribution in [3.05, 3.63) is 48.6 Å². The first-order chi connectivity index (χ1) is 25.1. The maximum Gasteiger partial charge on any atom is 0.240 e. The van der Waals surface area contributed by atoms with Gasteiger partial charge in [-0.3, -0.25) is 4.79 Å². The SMILES string of the molecule is CCCCCC=CCC=CCCCCCCCCOCC1CN(C(=O)[C@@H](N)CN)C[C@H]1COCCCCCCCCC=CCC=CCCCCC. The van der Waals surface area contributed by atoms with E-state index in [0.29, 0.717) is 38.1 Å². The molecule has 0 aliphatic carbocycles. The molecule has 0 spiro atoms. The number of carbonyl (C=O) groups excluding carboxylic acids is 1. The number of ether oxygens (including phenoxy) is 2. The molecule has 1 heterocycles. The Morgan fingerprint density at radius 2 is 0.922 bits per heavy atom. The fraction of sp³-hybridized carbons (Fsp3) is 0.800. The van der Waals surface area contributed by atoms with E-state index in [1.165, 1.54) is 128 Å². The van der Waals surface area contributed by atoms with Crippen LogP contribution in [0.1, 0.15) is 168 Å². The zero-order chi connectivity index (χ0) is 36.9. The fourth-order valence-electron chi connectivity index (χ4n) is 6.69. The lowest BCUT2D eigenvalue weighted by molar-refractivity contribution is -0.131. The number of likely N-dealkylation sites (tertiary alicyclic amines) is 1. The standard InChI is InChI=1S/C45H83N3O3/c1-3-5-7-9-11-13-15-17-19-21-23-25-27-29-31-33-35-50-40-42-38-48(45(49)44(47)37-46)39-43(42)41-51-36-34-32-30-28-26-24-22-20-18-16-14-12-10-8-6-4-2/h11-14,17-20,42-44H,3-10,15-16,21-41,46-47H2,1-2H3/t42-,43?,44-/m0/s1. The average molecular weight is 714 g/mol. The summed E-state index contributed by atoms with van der Waals surface area (Å²) in [6, 6.07) is -0.622. The number of rotatable bonds is 36. The van der Waals surface area contributed by atoms with E-state index in [9.17, 15) is 4.79 Å². The van der Waals surface area contributed by atoms with Crippen LogP contribution >= 0.6 is 0 Å². The van der Waals surface area contributed by atoms with Gasteiger partial charge in [-0.25, -0.2) is 0 Å². The van der Waals surface area contributed by atoms with Gasteiger partial charge >= 0.3 is 0 Å². The quantitative estimate of drug-likeness (QED) is 0.0498. The number of nitrogens with zero attached hydrogens (tertiary/aromatic N) is 1. The molecule has 1 saturated heterocycles. The Kier molecular flexibility index (Phi) is 34.0. The van der Waals surface area contributed by atoms with E-state index in [2.05, 4.69) is 62.5 Å². The van der Waals surface area contributed by atoms with Crippen molar-refractivity contribution in [1.29, 1.82) is 0 Å². The number of hydrogen-bond acceptors (Lipinski definition) is 5. The topological polar surface area (TPSA) is 90.8 Å². The summed E-state index contributed by atoms with van der Waals surface area (Å²) in [6.45, 7) is 9.02. The predicted octanol–water partition coefficient (Wildman–Crippen LogP) is 11.0. The van der Waals surface area contributed by atoms with Crippen LogP contribution in [0, 0.1) is 11.8 Å². The minimum absolute atomic E-state index is 0.0414. The first-order valence-corrected chi connectivity index (χ1v) is 21.6. The third-order valence-corrected chi connectivity index (χ3v) is 10.1. The molecule has 0 aromatic heterocycles. The van der Waals surface area contributed by atoms with Crippen LogP contribution in [-0.2, 0) is 14.3 Å². The highest BCUT2D eigenvalue weighted by Crippen LogP contribution is 2.25. The summed E-state index contributed by atoms with van der Waals surface area (Å²) in [5, 5.41) is 0. The highest BCUT2D eigenvalue weighted by atomic mass is 16.5. The van der Waals surface area contributed by atoms with Gasteiger partial charge in [0.2, 0.25) is 5.91 Å². The van der Waals surface area contributed by atoms with E-state index in [1.807, 2.05) is 4.90 Å². The molecule has 0 aromatic rings. The van der Waals surface area contributed by atoms with Crippen LogP contribution in [0.25, 0.3) is 0 Å². The summed E-state index contributed by atoms with van der Waals surface area (Å²) < 4.78 is 12.3. The summed E-state index contributed by atoms with van der Waals surface area (Å²) in [5.74, 6) is 0.541. The molecule has 0 aromatic carbocycles. The van der Waals surface area contributed by atoms with Gasteiger partial charge in [-0.05, 0) is 77.0 Å². The van der Waals surface area contributed by atoms with Crippen LogP contribution in [0.5, 0.6) is 0 Å². The van der Waals surface area contributed by atoms with Gasteiger partial charge in [0.1, 0.15) is 0 Å². The van der Waals surface area contributed by atoms with Crippen molar-refractivity contribution in [2.75, 3.05) is 46.1 Å². The van der Waals surface area contributed by atoms with Crippen molar-refractivity contribution in [3.8, 4) is 0 Å². The molecule has 1 unspecified atom stereocenters. The molecule has 4 N–H and O–H groups in total. The van der Waals surface area contributed by atoms with Gasteiger partial charge in [0, 0.05) is 44.7 Å². The summed E-state index contributed by atoms with van der Waals surface area (Å²) >= 11 is 0. The van der Waals surface area contributed by atoms with Crippen LogP contribution in [0.4, 0.5) is 0 Å². The van der Waals surface area contributed by atoms with Crippen molar-refractivity contribution < 1.29 is 14.3 Å². The molecule has 1 rings (SSSR count). The van der Waals surface area contributed by atoms with Crippen LogP contribution < -0.4 is 11.5 Å². The van der Waals surface area contributed by atoms with E-state index in [1.54, 1.807) is 0 Å². The van der Waals surface area contributed by atoms with Crippen LogP contribution in [0.3, 0.4) is 0 Å². The first-order valence-electron chi connectivity index (χ1n) is 21.6. The number of hydrogen-bond donors (Lipinski definition) is 2. The third kappa shape index (κ3) is 28.4. The van der Waals surface area contributed by atoms with Crippen molar-refractivity contribution in [1.82, 2.24) is 4.90 Å². The average Bonchev–Trinajstić information content (AvgIpc) is 3.55. The van der Waals surface area contributed by atoms with Crippen molar-refractivity contribution in [2.24, 2.45) is 23.3 Å². The zero-order valence-electron chi connectivity index (χ0n) is 33.6. The van der Waals surface area contributed by atoms with Crippen LogP contribution in [0.15, 0.2) is 48.6 Å². The Morgan fingerprint density at radius 3 is 1.29 bits per heavy atom. The van der Waals surface area contributed by atoms with Gasteiger partial charge in [0.15, 0.2) is 0 Å². The summed E-state index contributed by atoms with van der Waals surface area (Å²) in [4.78, 5) is 14.7. The van der Waals surface area contributed by atoms with E-state index in [0.717, 1.165) is 38.9 Å². The molecule has 3 atom stereocenters. The lowest BCUT2D eigenvalue weighted by Crippen LogP contribution is -2.47. The van der Waals surface area contributed by atoms with Gasteiger partial charge in [-0.15, -0.1) is 0 Å². The molecule has 51 heavy (non-hydrogen) atoms. The number of unbranched alkanes of at least 4 members (excludes halogenated alkanes) is 18. The molecule has 1 fully saturated rings. The second-order valence-electron chi connectivity index (χ2n) is 14.9. The van der Waals surface area contributed by atoms with E-state index >= 15 is 0 Å². The first kappa shape index (κ1) is 47.3. The molecular formula is C45H83N3O3. The second-order valence-corrected chi connectivity index (χ2v) is 14.9. The van der Waals surface area contributed by atoms with Gasteiger partial charge < -0.3 is 25.8 Å². The molecule has 1 amide bonds. The fourth-order valence-corrected chi connectivity index (χ4v) is 6.69. The van der Waals surface area contributed by atoms with E-state index in [-0.39, 0.29) is 12.5 Å². The van der Waals surface area contributed by atoms with Gasteiger partial charge in [-0.2, -0.15) is 0 Å². The number of amides is 1. The maximum absolute atomic E-state index is 12.8. The van der Waals surface area contributed by atoms with Gasteiger partial charge in [-0.1, -0.05) is 140 Å². The molecular weight excluding hydrogens is 631 g/mol. The third-order valence-electron chi connectivity index (χ3n) is 10.1.